The molecule has 1 aliphatic heterocycles. The molecule has 1 saturated heterocycles. The second-order valence-electron chi connectivity index (χ2n) is 11.0. The maximum absolute atomic E-state index is 15.8. The van der Waals surface area contributed by atoms with E-state index in [9.17, 15) is 14.4 Å². The highest BCUT2D eigenvalue weighted by atomic mass is 32.2. The number of alkyl halides is 1. The number of halogens is 1. The van der Waals surface area contributed by atoms with Crippen molar-refractivity contribution in [2.75, 3.05) is 13.2 Å². The second-order valence-corrected chi connectivity index (χ2v) is 12.4. The number of allylic oxidation sites excluding steroid dienone is 5. The van der Waals surface area contributed by atoms with E-state index >= 15 is 4.39 Å². The molecule has 0 radical (unpaired) electrons. The van der Waals surface area contributed by atoms with Crippen molar-refractivity contribution >= 4 is 35.2 Å². The molecule has 1 unspecified atom stereocenters. The summed E-state index contributed by atoms with van der Waals surface area (Å²) in [5.74, 6) is -1.53. The Balaban J connectivity index is 1.41. The van der Waals surface area contributed by atoms with E-state index in [1.807, 2.05) is 79.7 Å². The van der Waals surface area contributed by atoms with Gasteiger partial charge in [-0.15, -0.1) is 11.8 Å². The number of ether oxygens (including phenoxy) is 3. The second kappa shape index (κ2) is 17.3. The van der Waals surface area contributed by atoms with Crippen LogP contribution >= 0.6 is 11.8 Å². The van der Waals surface area contributed by atoms with Crippen molar-refractivity contribution in [2.45, 2.75) is 55.9 Å². The van der Waals surface area contributed by atoms with Gasteiger partial charge >= 0.3 is 17.9 Å². The lowest BCUT2D eigenvalue weighted by Gasteiger charge is -2.21. The fourth-order valence-electron chi connectivity index (χ4n) is 5.07. The van der Waals surface area contributed by atoms with Crippen LogP contribution in [-0.2, 0) is 19.0 Å². The fraction of sp³-hybridized carbons (Fsp3) is 0.289. The number of rotatable bonds is 14. The van der Waals surface area contributed by atoms with Crippen LogP contribution in [0.4, 0.5) is 4.39 Å². The van der Waals surface area contributed by atoms with Gasteiger partial charge in [0, 0.05) is 12.2 Å². The van der Waals surface area contributed by atoms with Crippen molar-refractivity contribution in [1.29, 1.82) is 0 Å². The number of carbonyl (C=O) groups excluding carboxylic acids is 3. The largest absolute Gasteiger partial charge is 0.466 e. The molecule has 0 N–H and O–H groups in total. The molecule has 3 aromatic rings. The van der Waals surface area contributed by atoms with Crippen molar-refractivity contribution in [3.8, 4) is 11.1 Å². The molecule has 0 saturated carbocycles. The first-order valence-corrected chi connectivity index (χ1v) is 16.2. The predicted molar refractivity (Wildman–Crippen MR) is 181 cm³/mol. The zero-order valence-electron chi connectivity index (χ0n) is 26.1. The van der Waals surface area contributed by atoms with Crippen LogP contribution in [0.5, 0.6) is 0 Å². The van der Waals surface area contributed by atoms with E-state index in [2.05, 4.69) is 6.58 Å². The fourth-order valence-corrected chi connectivity index (χ4v) is 6.63. The number of esters is 3. The number of thioether (sulfide) groups is 1. The molecule has 4 atom stereocenters. The zero-order chi connectivity index (χ0) is 32.9. The minimum Gasteiger partial charge on any atom is -0.466 e. The Morgan fingerprint density at radius 2 is 1.41 bits per heavy atom. The monoisotopic (exact) mass is 642 g/mol. The van der Waals surface area contributed by atoms with Crippen LogP contribution in [0.3, 0.4) is 0 Å². The number of benzene rings is 3. The quantitative estimate of drug-likeness (QED) is 0.0756. The summed E-state index contributed by atoms with van der Waals surface area (Å²) in [5.41, 5.74) is 4.61. The molecule has 0 aliphatic carbocycles. The average molecular weight is 643 g/mol. The molecule has 1 aliphatic rings. The highest BCUT2D eigenvalue weighted by Gasteiger charge is 2.47. The Morgan fingerprint density at radius 1 is 0.783 bits per heavy atom. The van der Waals surface area contributed by atoms with Gasteiger partial charge in [-0.05, 0) is 72.7 Å². The van der Waals surface area contributed by atoms with Gasteiger partial charge in [-0.2, -0.15) is 0 Å². The van der Waals surface area contributed by atoms with E-state index in [0.717, 1.165) is 22.3 Å². The van der Waals surface area contributed by atoms with Gasteiger partial charge in [-0.1, -0.05) is 85.5 Å². The summed E-state index contributed by atoms with van der Waals surface area (Å²) in [6, 6.07) is 23.8. The van der Waals surface area contributed by atoms with Crippen molar-refractivity contribution in [2.24, 2.45) is 0 Å². The van der Waals surface area contributed by atoms with Crippen molar-refractivity contribution < 1.29 is 33.0 Å². The van der Waals surface area contributed by atoms with E-state index in [1.54, 1.807) is 30.3 Å². The summed E-state index contributed by atoms with van der Waals surface area (Å²) in [7, 11) is 0. The maximum atomic E-state index is 15.8. The van der Waals surface area contributed by atoms with Gasteiger partial charge < -0.3 is 14.2 Å². The summed E-state index contributed by atoms with van der Waals surface area (Å²) in [6.45, 7) is 7.12. The minimum atomic E-state index is -1.46. The molecule has 0 bridgehead atoms. The standard InChI is InChI=1S/C38H39FO6S/c1-4-5-7-12-26(2)28-16-20-31(21-17-28)37(41)44-25-34-36(35(39)33(46-34)15-10-11-24-43-27(3)40)45-38(42)32-22-18-30(19-23-32)29-13-8-6-9-14-29/h4-9,12-14,16-23,33-36H,1,10-11,15,24-25H2,2-3H3/b7-5-,26-12+/t33?,34-,35-,36-/m1/s1. The number of hydrogen-bond donors (Lipinski definition) is 0. The van der Waals surface area contributed by atoms with Crippen LogP contribution in [0.25, 0.3) is 16.7 Å². The lowest BCUT2D eigenvalue weighted by molar-refractivity contribution is -0.141. The molecule has 6 nitrogen and oxygen atoms in total. The van der Waals surface area contributed by atoms with E-state index in [0.29, 0.717) is 30.4 Å². The molecular formula is C38H39FO6S. The lowest BCUT2D eigenvalue weighted by atomic mass is 10.0. The van der Waals surface area contributed by atoms with Crippen LogP contribution in [0.2, 0.25) is 0 Å². The molecule has 4 rings (SSSR count). The zero-order valence-corrected chi connectivity index (χ0v) is 26.9. The normalized spacial score (nSPS) is 19.5. The molecule has 0 aromatic heterocycles. The summed E-state index contributed by atoms with van der Waals surface area (Å²) in [5, 5.41) is -1.06. The van der Waals surface area contributed by atoms with Gasteiger partial charge in [0.1, 0.15) is 18.9 Å². The summed E-state index contributed by atoms with van der Waals surface area (Å²) >= 11 is 1.32. The third-order valence-electron chi connectivity index (χ3n) is 7.59. The first kappa shape index (κ1) is 34.4. The van der Waals surface area contributed by atoms with Gasteiger partial charge in [0.05, 0.1) is 23.0 Å². The summed E-state index contributed by atoms with van der Waals surface area (Å²) < 4.78 is 32.2. The summed E-state index contributed by atoms with van der Waals surface area (Å²) in [4.78, 5) is 37.2. The van der Waals surface area contributed by atoms with Gasteiger partial charge in [0.25, 0.3) is 0 Å². The van der Waals surface area contributed by atoms with Crippen molar-refractivity contribution in [1.82, 2.24) is 0 Å². The molecule has 8 heteroatoms. The molecule has 3 aromatic carbocycles. The van der Waals surface area contributed by atoms with Crippen molar-refractivity contribution in [3.05, 3.63) is 126 Å². The highest BCUT2D eigenvalue weighted by molar-refractivity contribution is 8.00. The molecular weight excluding hydrogens is 603 g/mol. The third-order valence-corrected chi connectivity index (χ3v) is 9.19. The maximum Gasteiger partial charge on any atom is 0.338 e. The van der Waals surface area contributed by atoms with Gasteiger partial charge in [0.15, 0.2) is 0 Å². The van der Waals surface area contributed by atoms with E-state index < -0.39 is 34.7 Å². The molecule has 240 valence electrons. The topological polar surface area (TPSA) is 78.9 Å². The molecule has 1 fully saturated rings. The smallest absolute Gasteiger partial charge is 0.338 e. The van der Waals surface area contributed by atoms with Crippen molar-refractivity contribution in [3.63, 3.8) is 0 Å². The van der Waals surface area contributed by atoms with Gasteiger partial charge in [-0.3, -0.25) is 4.79 Å². The van der Waals surface area contributed by atoms with Crippen LogP contribution < -0.4 is 0 Å². The Hall–Kier alpha value is -4.43. The molecule has 0 spiro atoms. The SMILES string of the molecule is C=C/C=C\C=C(/C)c1ccc(C(=O)OC[C@H]2SC(CCCCOC(C)=O)[C@@H](F)[C@@H]2OC(=O)c2ccc(-c3ccccc3)cc2)cc1. The first-order valence-electron chi connectivity index (χ1n) is 15.3. The van der Waals surface area contributed by atoms with Crippen LogP contribution in [-0.4, -0.2) is 53.9 Å². The first-order chi connectivity index (χ1) is 22.3. The average Bonchev–Trinajstić information content (AvgIpc) is 3.36. The summed E-state index contributed by atoms with van der Waals surface area (Å²) in [6.07, 6.45) is 6.52. The predicted octanol–water partition coefficient (Wildman–Crippen LogP) is 8.44. The number of unbranched alkanes of at least 4 members (excludes halogenated alkanes) is 1. The number of hydrogen-bond acceptors (Lipinski definition) is 7. The van der Waals surface area contributed by atoms with E-state index in [-0.39, 0.29) is 19.2 Å². The molecule has 46 heavy (non-hydrogen) atoms. The van der Waals surface area contributed by atoms with E-state index in [1.165, 1.54) is 18.7 Å². The Bertz CT molecular complexity index is 1530. The molecule has 1 heterocycles. The highest BCUT2D eigenvalue weighted by Crippen LogP contribution is 2.41. The number of carbonyl (C=O) groups is 3. The Kier molecular flexibility index (Phi) is 13.0. The van der Waals surface area contributed by atoms with Gasteiger partial charge in [-0.25, -0.2) is 14.0 Å². The lowest BCUT2D eigenvalue weighted by Crippen LogP contribution is -2.36. The van der Waals surface area contributed by atoms with Crippen LogP contribution in [0.1, 0.15) is 59.4 Å². The Labute approximate surface area is 274 Å². The van der Waals surface area contributed by atoms with Crippen LogP contribution in [0.15, 0.2) is 110 Å². The van der Waals surface area contributed by atoms with E-state index in [4.69, 9.17) is 14.2 Å². The minimum absolute atomic E-state index is 0.119. The third kappa shape index (κ3) is 9.78. The Morgan fingerprint density at radius 3 is 2.09 bits per heavy atom. The molecule has 0 amide bonds. The van der Waals surface area contributed by atoms with Gasteiger partial charge in [0.2, 0.25) is 0 Å². The van der Waals surface area contributed by atoms with Crippen LogP contribution in [0, 0.1) is 0 Å².